The third-order valence-electron chi connectivity index (χ3n) is 4.67. The molecule has 0 aromatic heterocycles. The Hall–Kier alpha value is -2.17. The van der Waals surface area contributed by atoms with E-state index in [-0.39, 0.29) is 36.4 Å². The minimum absolute atomic E-state index is 0.0321. The van der Waals surface area contributed by atoms with Crippen molar-refractivity contribution in [3.63, 3.8) is 0 Å². The number of esters is 1. The lowest BCUT2D eigenvalue weighted by molar-refractivity contribution is -0.146. The number of amides is 1. The number of benzene rings is 1. The Morgan fingerprint density at radius 2 is 1.70 bits per heavy atom. The van der Waals surface area contributed by atoms with Crippen LogP contribution in [0, 0.1) is 12.8 Å². The van der Waals surface area contributed by atoms with Gasteiger partial charge in [-0.3, -0.25) is 14.4 Å². The highest BCUT2D eigenvalue weighted by molar-refractivity contribution is 5.98. The molecule has 0 aliphatic heterocycles. The van der Waals surface area contributed by atoms with Gasteiger partial charge in [-0.25, -0.2) is 0 Å². The molecule has 0 aliphatic rings. The third kappa shape index (κ3) is 8.37. The molecule has 0 bridgehead atoms. The van der Waals surface area contributed by atoms with Crippen molar-refractivity contribution in [2.24, 2.45) is 5.92 Å². The van der Waals surface area contributed by atoms with Crippen LogP contribution in [-0.2, 0) is 14.3 Å². The molecule has 5 nitrogen and oxygen atoms in total. The van der Waals surface area contributed by atoms with Crippen molar-refractivity contribution < 1.29 is 19.1 Å². The lowest BCUT2D eigenvalue weighted by atomic mass is 10.0. The highest BCUT2D eigenvalue weighted by Crippen LogP contribution is 2.12. The smallest absolute Gasteiger partial charge is 0.310 e. The summed E-state index contributed by atoms with van der Waals surface area (Å²) in [6, 6.07) is 7.38. The molecule has 1 atom stereocenters. The zero-order valence-corrected chi connectivity index (χ0v) is 17.1. The summed E-state index contributed by atoms with van der Waals surface area (Å²) in [6.07, 6.45) is 4.54. The van der Waals surface area contributed by atoms with Gasteiger partial charge in [0.05, 0.1) is 13.0 Å². The maximum atomic E-state index is 12.7. The number of methoxy groups -OCH3 is 1. The molecule has 0 saturated carbocycles. The maximum absolute atomic E-state index is 12.7. The molecule has 0 saturated heterocycles. The number of hydrogen-bond donors (Lipinski definition) is 0. The quantitative estimate of drug-likeness (QED) is 0.312. The Morgan fingerprint density at radius 3 is 2.30 bits per heavy atom. The Kier molecular flexibility index (Phi) is 10.4. The first-order chi connectivity index (χ1) is 12.9. The highest BCUT2D eigenvalue weighted by Gasteiger charge is 2.22. The fourth-order valence-electron chi connectivity index (χ4n) is 2.92. The number of ketones is 1. The summed E-state index contributed by atoms with van der Waals surface area (Å²) in [5.74, 6) is -0.812. The summed E-state index contributed by atoms with van der Waals surface area (Å²) >= 11 is 0. The predicted molar refractivity (Wildman–Crippen MR) is 107 cm³/mol. The molecule has 0 radical (unpaired) electrons. The molecule has 1 unspecified atom stereocenters. The van der Waals surface area contributed by atoms with E-state index in [1.165, 1.54) is 7.11 Å². The number of unbranched alkanes of at least 4 members (excludes halogenated alkanes) is 3. The average molecular weight is 376 g/mol. The van der Waals surface area contributed by atoms with Gasteiger partial charge in [-0.15, -0.1) is 0 Å². The van der Waals surface area contributed by atoms with Crippen molar-refractivity contribution in [3.05, 3.63) is 35.4 Å². The first-order valence-electron chi connectivity index (χ1n) is 9.84. The highest BCUT2D eigenvalue weighted by atomic mass is 16.5. The van der Waals surface area contributed by atoms with Crippen LogP contribution in [-0.4, -0.2) is 42.8 Å². The van der Waals surface area contributed by atoms with Crippen LogP contribution in [0.4, 0.5) is 0 Å². The molecular weight excluding hydrogens is 342 g/mol. The van der Waals surface area contributed by atoms with E-state index in [4.69, 9.17) is 4.74 Å². The number of carbonyl (C=O) groups excluding carboxylic acids is 3. The molecule has 150 valence electrons. The summed E-state index contributed by atoms with van der Waals surface area (Å²) in [5, 5.41) is 0. The van der Waals surface area contributed by atoms with Crippen LogP contribution in [0.15, 0.2) is 24.3 Å². The summed E-state index contributed by atoms with van der Waals surface area (Å²) < 4.78 is 4.77. The van der Waals surface area contributed by atoms with Gasteiger partial charge in [0.15, 0.2) is 5.78 Å². The molecule has 1 aromatic carbocycles. The van der Waals surface area contributed by atoms with E-state index < -0.39 is 0 Å². The molecule has 5 heteroatoms. The van der Waals surface area contributed by atoms with Crippen molar-refractivity contribution in [2.75, 3.05) is 20.2 Å². The number of nitrogens with zero attached hydrogens (tertiary/aromatic N) is 1. The fourth-order valence-corrected chi connectivity index (χ4v) is 2.92. The van der Waals surface area contributed by atoms with E-state index in [0.29, 0.717) is 18.7 Å². The van der Waals surface area contributed by atoms with Crippen LogP contribution >= 0.6 is 0 Å². The monoisotopic (exact) mass is 375 g/mol. The molecule has 27 heavy (non-hydrogen) atoms. The van der Waals surface area contributed by atoms with E-state index in [0.717, 1.165) is 31.2 Å². The molecular formula is C22H33NO4. The van der Waals surface area contributed by atoms with Crippen molar-refractivity contribution in [2.45, 2.75) is 59.3 Å². The van der Waals surface area contributed by atoms with Crippen molar-refractivity contribution in [3.8, 4) is 0 Å². The number of carbonyl (C=O) groups is 3. The maximum Gasteiger partial charge on any atom is 0.310 e. The van der Waals surface area contributed by atoms with Crippen molar-refractivity contribution in [1.29, 1.82) is 0 Å². The van der Waals surface area contributed by atoms with Gasteiger partial charge < -0.3 is 9.64 Å². The van der Waals surface area contributed by atoms with E-state index in [2.05, 4.69) is 6.92 Å². The lowest BCUT2D eigenvalue weighted by Crippen LogP contribution is -2.38. The Bertz CT molecular complexity index is 609. The van der Waals surface area contributed by atoms with E-state index in [1.54, 1.807) is 24.0 Å². The number of hydrogen-bond acceptors (Lipinski definition) is 4. The van der Waals surface area contributed by atoms with Crippen LogP contribution in [0.3, 0.4) is 0 Å². The Labute approximate surface area is 163 Å². The standard InChI is InChI=1S/C22H33NO4/c1-5-6-7-8-15-23(16-18(3)22(26)27-4)21(25)14-13-20(24)19-11-9-17(2)10-12-19/h9-12,18H,5-8,13-16H2,1-4H3. The minimum atomic E-state index is -0.377. The third-order valence-corrected chi connectivity index (χ3v) is 4.67. The second kappa shape index (κ2) is 12.3. The summed E-state index contributed by atoms with van der Waals surface area (Å²) in [6.45, 7) is 6.81. The van der Waals surface area contributed by atoms with Gasteiger partial charge in [-0.2, -0.15) is 0 Å². The zero-order valence-electron chi connectivity index (χ0n) is 17.1. The van der Waals surface area contributed by atoms with Crippen molar-refractivity contribution >= 4 is 17.7 Å². The topological polar surface area (TPSA) is 63.7 Å². The van der Waals surface area contributed by atoms with Gasteiger partial charge in [-0.05, 0) is 13.3 Å². The van der Waals surface area contributed by atoms with Gasteiger partial charge in [-0.1, -0.05) is 62.9 Å². The molecule has 1 amide bonds. The van der Waals surface area contributed by atoms with Crippen LogP contribution < -0.4 is 0 Å². The molecule has 0 spiro atoms. The van der Waals surface area contributed by atoms with Crippen LogP contribution in [0.2, 0.25) is 0 Å². The Balaban J connectivity index is 2.63. The van der Waals surface area contributed by atoms with Gasteiger partial charge in [0.25, 0.3) is 0 Å². The molecule has 0 fully saturated rings. The van der Waals surface area contributed by atoms with E-state index >= 15 is 0 Å². The Morgan fingerprint density at radius 1 is 1.04 bits per heavy atom. The number of Topliss-reactive ketones (excluding diaryl/α,β-unsaturated/α-hetero) is 1. The normalized spacial score (nSPS) is 11.7. The number of ether oxygens (including phenoxy) is 1. The predicted octanol–water partition coefficient (Wildman–Crippen LogP) is 4.18. The van der Waals surface area contributed by atoms with Crippen LogP contribution in [0.5, 0.6) is 0 Å². The van der Waals surface area contributed by atoms with E-state index in [9.17, 15) is 14.4 Å². The molecule has 0 N–H and O–H groups in total. The van der Waals surface area contributed by atoms with Gasteiger partial charge in [0.2, 0.25) is 5.91 Å². The first kappa shape index (κ1) is 22.9. The summed E-state index contributed by atoms with van der Waals surface area (Å²) in [4.78, 5) is 38.4. The fraction of sp³-hybridized carbons (Fsp3) is 0.591. The molecule has 0 aliphatic carbocycles. The van der Waals surface area contributed by atoms with Gasteiger partial charge in [0.1, 0.15) is 0 Å². The van der Waals surface area contributed by atoms with Gasteiger partial charge in [0, 0.05) is 31.5 Å². The average Bonchev–Trinajstić information content (AvgIpc) is 2.67. The van der Waals surface area contributed by atoms with Gasteiger partial charge >= 0.3 is 5.97 Å². The second-order valence-electron chi connectivity index (χ2n) is 7.11. The SMILES string of the molecule is CCCCCCN(CC(C)C(=O)OC)C(=O)CCC(=O)c1ccc(C)cc1. The van der Waals surface area contributed by atoms with Crippen LogP contribution in [0.25, 0.3) is 0 Å². The van der Waals surface area contributed by atoms with Crippen molar-refractivity contribution in [1.82, 2.24) is 4.90 Å². The first-order valence-corrected chi connectivity index (χ1v) is 9.84. The van der Waals surface area contributed by atoms with Crippen LogP contribution in [0.1, 0.15) is 68.3 Å². The number of rotatable bonds is 12. The summed E-state index contributed by atoms with van der Waals surface area (Å²) in [7, 11) is 1.35. The zero-order chi connectivity index (χ0) is 20.2. The molecule has 0 heterocycles. The van der Waals surface area contributed by atoms with E-state index in [1.807, 2.05) is 19.1 Å². The number of aryl methyl sites for hydroxylation is 1. The second-order valence-corrected chi connectivity index (χ2v) is 7.11. The lowest BCUT2D eigenvalue weighted by Gasteiger charge is -2.25. The molecule has 1 rings (SSSR count). The summed E-state index contributed by atoms with van der Waals surface area (Å²) in [5.41, 5.74) is 1.73. The minimum Gasteiger partial charge on any atom is -0.469 e. The largest absolute Gasteiger partial charge is 0.469 e. The molecule has 1 aromatic rings.